The van der Waals surface area contributed by atoms with E-state index in [1.54, 1.807) is 20.8 Å². The average Bonchev–Trinajstić information content (AvgIpc) is 3.17. The molecule has 418 valence electrons. The summed E-state index contributed by atoms with van der Waals surface area (Å²) < 4.78 is 0. The molecule has 0 spiro atoms. The molecule has 0 unspecified atom stereocenters. The Morgan fingerprint density at radius 1 is 0.600 bits per heavy atom. The minimum Gasteiger partial charge on any atom is -0.481 e. The molecule has 1 saturated carbocycles. The number of carboxylic acid groups (broad SMARTS) is 1. The van der Waals surface area contributed by atoms with E-state index < -0.39 is 11.4 Å². The number of carbonyl (C=O) groups is 5. The Balaban J connectivity index is -0.000000239. The molecule has 0 aromatic carbocycles. The Labute approximate surface area is 429 Å². The lowest BCUT2D eigenvalue weighted by Crippen LogP contribution is -2.54. The number of piperazine rings is 1. The number of hydrogen-bond acceptors (Lipinski definition) is 12. The van der Waals surface area contributed by atoms with E-state index in [0.29, 0.717) is 25.2 Å². The fraction of sp³-hybridized carbons (Fsp3) is 0.885. The van der Waals surface area contributed by atoms with Gasteiger partial charge >= 0.3 is 5.97 Å². The zero-order valence-corrected chi connectivity index (χ0v) is 49.7. The molecule has 1 aliphatic heterocycles. The van der Waals surface area contributed by atoms with Gasteiger partial charge in [0.1, 0.15) is 0 Å². The molecule has 2 rings (SSSR count). The summed E-state index contributed by atoms with van der Waals surface area (Å²) >= 11 is 0. The highest BCUT2D eigenvalue weighted by atomic mass is 16.4. The molecule has 1 aliphatic carbocycles. The van der Waals surface area contributed by atoms with Crippen LogP contribution < -0.4 is 43.9 Å². The van der Waals surface area contributed by atoms with Crippen molar-refractivity contribution in [2.24, 2.45) is 49.7 Å². The molecule has 0 radical (unpaired) electrons. The summed E-state index contributed by atoms with van der Waals surface area (Å²) in [4.78, 5) is 60.1. The molecule has 2 aliphatic rings. The molecule has 1 heterocycles. The van der Waals surface area contributed by atoms with Gasteiger partial charge in [-0.15, -0.1) is 0 Å². The van der Waals surface area contributed by atoms with Gasteiger partial charge < -0.3 is 53.4 Å². The lowest BCUT2D eigenvalue weighted by Gasteiger charge is -2.34. The van der Waals surface area contributed by atoms with E-state index >= 15 is 0 Å². The third-order valence-electron chi connectivity index (χ3n) is 10.5. The Kier molecular flexibility index (Phi) is 37.6. The molecule has 70 heavy (non-hydrogen) atoms. The Morgan fingerprint density at radius 3 is 1.21 bits per heavy atom. The summed E-state index contributed by atoms with van der Waals surface area (Å²) in [5.74, 6) is -0.146. The maximum Gasteiger partial charge on any atom is 0.308 e. The first-order valence-corrected chi connectivity index (χ1v) is 25.1. The van der Waals surface area contributed by atoms with Crippen LogP contribution in [0.15, 0.2) is 0 Å². The lowest BCUT2D eigenvalue weighted by molar-refractivity contribution is -0.146. The van der Waals surface area contributed by atoms with Crippen LogP contribution in [0, 0.1) is 37.9 Å². The second-order valence-corrected chi connectivity index (χ2v) is 25.4. The van der Waals surface area contributed by atoms with E-state index in [0.717, 1.165) is 45.6 Å². The molecule has 0 aromatic rings. The molecule has 1 saturated heterocycles. The number of likely N-dealkylation sites (N-methyl/N-ethyl adjacent to an activating group) is 2. The van der Waals surface area contributed by atoms with Crippen LogP contribution >= 0.6 is 0 Å². The summed E-state index contributed by atoms with van der Waals surface area (Å²) in [6.45, 7) is 46.6. The van der Waals surface area contributed by atoms with Gasteiger partial charge in [0, 0.05) is 97.1 Å². The molecular weight excluding hydrogens is 889 g/mol. The van der Waals surface area contributed by atoms with Crippen molar-refractivity contribution in [1.29, 1.82) is 5.41 Å². The first kappa shape index (κ1) is 75.5. The highest BCUT2D eigenvalue weighted by molar-refractivity contribution is 5.83. The van der Waals surface area contributed by atoms with Crippen LogP contribution in [0.4, 0.5) is 0 Å². The summed E-state index contributed by atoms with van der Waals surface area (Å²) in [7, 11) is 8.13. The number of amidine groups is 1. The SMILES string of the molecule is CC(C)(C)C(=N)N.CC(C)(C)C(=O)NCCN.CC(C)(C)C(=O)N[C@H]1CCCC[C@@H]1N.CC(C)(C)C(=O)O.CN(C)C(C)(C)C.CN1CCN(NC(=O)C(C)(C)C)CC1.CNCCNC(=O)C(C)(C)C. The zero-order chi connectivity index (χ0) is 56.9. The predicted molar refractivity (Wildman–Crippen MR) is 294 cm³/mol. The largest absolute Gasteiger partial charge is 0.481 e. The van der Waals surface area contributed by atoms with Crippen molar-refractivity contribution < 1.29 is 29.1 Å². The lowest BCUT2D eigenvalue weighted by atomic mass is 9.89. The summed E-state index contributed by atoms with van der Waals surface area (Å²) in [6, 6.07) is 0.338. The van der Waals surface area contributed by atoms with Crippen molar-refractivity contribution in [2.45, 2.75) is 189 Å². The fourth-order valence-corrected chi connectivity index (χ4v) is 3.97. The van der Waals surface area contributed by atoms with Gasteiger partial charge in [0.15, 0.2) is 0 Å². The van der Waals surface area contributed by atoms with Crippen molar-refractivity contribution in [3.8, 4) is 0 Å². The van der Waals surface area contributed by atoms with Crippen molar-refractivity contribution in [3.63, 3.8) is 0 Å². The second kappa shape index (κ2) is 34.9. The maximum atomic E-state index is 11.7. The number of hydrogen-bond donors (Lipinski definition) is 10. The number of amides is 4. The number of nitrogens with two attached hydrogens (primary N) is 3. The summed E-state index contributed by atoms with van der Waals surface area (Å²) in [6.07, 6.45) is 4.45. The Hall–Kier alpha value is -3.42. The first-order chi connectivity index (χ1) is 31.1. The van der Waals surface area contributed by atoms with Crippen molar-refractivity contribution in [1.82, 2.24) is 41.5 Å². The highest BCUT2D eigenvalue weighted by Crippen LogP contribution is 2.20. The fourth-order valence-electron chi connectivity index (χ4n) is 3.97. The van der Waals surface area contributed by atoms with Crippen LogP contribution in [0.3, 0.4) is 0 Å². The third-order valence-corrected chi connectivity index (χ3v) is 10.5. The predicted octanol–water partition coefficient (Wildman–Crippen LogP) is 5.64. The molecule has 18 heteroatoms. The maximum absolute atomic E-state index is 11.7. The Morgan fingerprint density at radius 2 is 0.943 bits per heavy atom. The molecule has 18 nitrogen and oxygen atoms in total. The van der Waals surface area contributed by atoms with E-state index in [-0.39, 0.29) is 68.6 Å². The minimum atomic E-state index is -0.757. The molecular formula is C52H114N12O6. The van der Waals surface area contributed by atoms with Gasteiger partial charge in [-0.2, -0.15) is 0 Å². The number of nitrogens with one attached hydrogen (secondary N) is 6. The summed E-state index contributed by atoms with van der Waals surface area (Å²) in [5, 5.41) is 28.7. The monoisotopic (exact) mass is 1000 g/mol. The molecule has 0 aromatic heterocycles. The minimum absolute atomic E-state index is 0.0537. The van der Waals surface area contributed by atoms with Gasteiger partial charge in [0.2, 0.25) is 23.6 Å². The normalized spacial score (nSPS) is 16.8. The van der Waals surface area contributed by atoms with E-state index in [2.05, 4.69) is 78.4 Å². The third kappa shape index (κ3) is 44.5. The van der Waals surface area contributed by atoms with Gasteiger partial charge in [0.25, 0.3) is 0 Å². The van der Waals surface area contributed by atoms with Crippen LogP contribution in [-0.2, 0) is 24.0 Å². The van der Waals surface area contributed by atoms with E-state index in [1.807, 2.05) is 116 Å². The number of rotatable bonds is 7. The van der Waals surface area contributed by atoms with E-state index in [1.165, 1.54) is 12.8 Å². The van der Waals surface area contributed by atoms with Crippen LogP contribution in [-0.4, -0.2) is 154 Å². The van der Waals surface area contributed by atoms with E-state index in [4.69, 9.17) is 27.7 Å². The number of nitrogens with zero attached hydrogens (tertiary/aromatic N) is 3. The van der Waals surface area contributed by atoms with Crippen LogP contribution in [0.25, 0.3) is 0 Å². The summed E-state index contributed by atoms with van der Waals surface area (Å²) in [5.41, 5.74) is 17.7. The Bertz CT molecular complexity index is 1440. The van der Waals surface area contributed by atoms with Gasteiger partial charge in [-0.25, -0.2) is 5.01 Å². The molecule has 2 fully saturated rings. The zero-order valence-electron chi connectivity index (χ0n) is 49.7. The van der Waals surface area contributed by atoms with Crippen molar-refractivity contribution in [3.05, 3.63) is 0 Å². The number of carboxylic acids is 1. The van der Waals surface area contributed by atoms with Crippen molar-refractivity contribution >= 4 is 35.4 Å². The van der Waals surface area contributed by atoms with Crippen LogP contribution in [0.1, 0.15) is 171 Å². The van der Waals surface area contributed by atoms with Gasteiger partial charge in [0.05, 0.1) is 11.3 Å². The van der Waals surface area contributed by atoms with E-state index in [9.17, 15) is 24.0 Å². The molecule has 2 atom stereocenters. The highest BCUT2D eigenvalue weighted by Gasteiger charge is 2.29. The number of aliphatic carboxylic acids is 1. The van der Waals surface area contributed by atoms with Gasteiger partial charge in [-0.3, -0.25) is 34.8 Å². The van der Waals surface area contributed by atoms with Gasteiger partial charge in [-0.1, -0.05) is 117 Å². The average molecular weight is 1000 g/mol. The second-order valence-electron chi connectivity index (χ2n) is 25.4. The smallest absolute Gasteiger partial charge is 0.308 e. The molecule has 13 N–H and O–H groups in total. The number of hydrazine groups is 1. The topological polar surface area (TPSA) is 277 Å². The van der Waals surface area contributed by atoms with Crippen LogP contribution in [0.5, 0.6) is 0 Å². The first-order valence-electron chi connectivity index (χ1n) is 25.1. The van der Waals surface area contributed by atoms with Gasteiger partial charge in [-0.05, 0) is 82.6 Å². The quantitative estimate of drug-likeness (QED) is 0.0842. The molecule has 0 bridgehead atoms. The number of carbonyl (C=O) groups excluding carboxylic acids is 4. The van der Waals surface area contributed by atoms with Crippen LogP contribution in [0.2, 0.25) is 0 Å². The standard InChI is InChI=1S/C11H22N2O.C10H21N3O.C8H18N2O.C7H16N2O.C6H15N.C5H12N2.C5H10O2/c1-11(2,3)10(14)13-9-7-5-4-6-8(9)12;1-10(2,3)9(14)11-13-7-5-12(4)6-8-13;1-8(2,3)7(11)10-6-5-9-4;1-7(2,3)6(10)9-5-4-8;1-6(2,3)7(4)5;2*1-5(2,3)4(6)7/h8-9H,4-7,12H2,1-3H3,(H,13,14);5-8H2,1-4H3,(H,11,14);9H,5-6H2,1-4H3,(H,10,11);4-5,8H2,1-3H3,(H,9,10);1-5H3;1-3H3,(H3,6,7);1-3H3,(H,6,7)/t8-,9-;;;;;;/m0....../s1. The van der Waals surface area contributed by atoms with Crippen molar-refractivity contribution in [2.75, 3.05) is 80.5 Å². The molecule has 4 amide bonds.